The minimum Gasteiger partial charge on any atom is -0.466 e. The Morgan fingerprint density at radius 3 is 2.78 bits per heavy atom. The van der Waals surface area contributed by atoms with Crippen molar-refractivity contribution in [1.82, 2.24) is 10.2 Å². The lowest BCUT2D eigenvalue weighted by Crippen LogP contribution is -2.32. The van der Waals surface area contributed by atoms with Gasteiger partial charge in [-0.2, -0.15) is 0 Å². The van der Waals surface area contributed by atoms with Crippen LogP contribution in [-0.4, -0.2) is 43.5 Å². The number of nitrogens with zero attached hydrogens (tertiary/aromatic N) is 1. The van der Waals surface area contributed by atoms with Crippen LogP contribution in [0.2, 0.25) is 0 Å². The number of amides is 1. The van der Waals surface area contributed by atoms with Crippen molar-refractivity contribution in [3.8, 4) is 0 Å². The SMILES string of the molecule is COC(=O)/C=C/CNC(=O)c1ccc(C(C)N2CCCCC2)o1. The number of rotatable bonds is 6. The van der Waals surface area contributed by atoms with E-state index in [4.69, 9.17) is 4.42 Å². The first-order chi connectivity index (χ1) is 11.1. The van der Waals surface area contributed by atoms with Crippen LogP contribution in [0.5, 0.6) is 0 Å². The second kappa shape index (κ2) is 8.53. The van der Waals surface area contributed by atoms with Crippen molar-refractivity contribution in [2.75, 3.05) is 26.7 Å². The molecule has 0 aliphatic carbocycles. The molecule has 1 aromatic heterocycles. The van der Waals surface area contributed by atoms with Gasteiger partial charge < -0.3 is 14.5 Å². The Bertz CT molecular complexity index is 559. The lowest BCUT2D eigenvalue weighted by Gasteiger charge is -2.31. The van der Waals surface area contributed by atoms with Gasteiger partial charge >= 0.3 is 5.97 Å². The fourth-order valence-electron chi connectivity index (χ4n) is 2.65. The zero-order valence-corrected chi connectivity index (χ0v) is 13.7. The Balaban J connectivity index is 1.86. The number of likely N-dealkylation sites (tertiary alicyclic amines) is 1. The molecule has 1 atom stereocenters. The van der Waals surface area contributed by atoms with E-state index in [1.807, 2.05) is 6.07 Å². The Hall–Kier alpha value is -2.08. The van der Waals surface area contributed by atoms with Gasteiger partial charge in [-0.1, -0.05) is 12.5 Å². The average molecular weight is 320 g/mol. The number of hydrogen-bond donors (Lipinski definition) is 1. The molecular formula is C17H24N2O4. The summed E-state index contributed by atoms with van der Waals surface area (Å²) in [5.74, 6) is 0.351. The molecule has 1 unspecified atom stereocenters. The quantitative estimate of drug-likeness (QED) is 0.643. The molecular weight excluding hydrogens is 296 g/mol. The number of piperidine rings is 1. The summed E-state index contributed by atoms with van der Waals surface area (Å²) < 4.78 is 10.2. The zero-order valence-electron chi connectivity index (χ0n) is 13.7. The summed E-state index contributed by atoms with van der Waals surface area (Å²) in [7, 11) is 1.30. The second-order valence-electron chi connectivity index (χ2n) is 5.61. The first kappa shape index (κ1) is 17.3. The fourth-order valence-corrected chi connectivity index (χ4v) is 2.65. The number of esters is 1. The van der Waals surface area contributed by atoms with Gasteiger partial charge in [0.15, 0.2) is 5.76 Å². The van der Waals surface area contributed by atoms with E-state index < -0.39 is 5.97 Å². The van der Waals surface area contributed by atoms with Crippen LogP contribution in [0.25, 0.3) is 0 Å². The largest absolute Gasteiger partial charge is 0.466 e. The van der Waals surface area contributed by atoms with E-state index in [0.717, 1.165) is 18.8 Å². The van der Waals surface area contributed by atoms with Gasteiger partial charge in [0.25, 0.3) is 5.91 Å². The van der Waals surface area contributed by atoms with Crippen LogP contribution in [0.15, 0.2) is 28.7 Å². The van der Waals surface area contributed by atoms with Crippen molar-refractivity contribution < 1.29 is 18.7 Å². The highest BCUT2D eigenvalue weighted by Crippen LogP contribution is 2.25. The molecule has 6 nitrogen and oxygen atoms in total. The summed E-state index contributed by atoms with van der Waals surface area (Å²) in [6, 6.07) is 3.73. The molecule has 0 bridgehead atoms. The summed E-state index contributed by atoms with van der Waals surface area (Å²) in [5.41, 5.74) is 0. The number of nitrogens with one attached hydrogen (secondary N) is 1. The molecule has 1 fully saturated rings. The standard InChI is InChI=1S/C17H24N2O4/c1-13(19-11-4-3-5-12-19)14-8-9-15(23-14)17(21)18-10-6-7-16(20)22-2/h6-9,13H,3-5,10-12H2,1-2H3,(H,18,21)/b7-6+. The highest BCUT2D eigenvalue weighted by Gasteiger charge is 2.21. The molecule has 0 spiro atoms. The van der Waals surface area contributed by atoms with E-state index in [9.17, 15) is 9.59 Å². The van der Waals surface area contributed by atoms with Crippen molar-refractivity contribution in [1.29, 1.82) is 0 Å². The predicted octanol–water partition coefficient (Wildman–Crippen LogP) is 2.29. The van der Waals surface area contributed by atoms with Crippen LogP contribution in [0.4, 0.5) is 0 Å². The van der Waals surface area contributed by atoms with E-state index in [1.165, 1.54) is 38.5 Å². The first-order valence-corrected chi connectivity index (χ1v) is 7.98. The van der Waals surface area contributed by atoms with Gasteiger partial charge in [-0.3, -0.25) is 9.69 Å². The number of hydrogen-bond acceptors (Lipinski definition) is 5. The minimum atomic E-state index is -0.449. The maximum atomic E-state index is 12.0. The Morgan fingerprint density at radius 1 is 1.35 bits per heavy atom. The van der Waals surface area contributed by atoms with Crippen LogP contribution in [0.3, 0.4) is 0 Å². The molecule has 1 N–H and O–H groups in total. The lowest BCUT2D eigenvalue weighted by atomic mass is 10.1. The van der Waals surface area contributed by atoms with Crippen LogP contribution in [0, 0.1) is 0 Å². The van der Waals surface area contributed by atoms with Crippen LogP contribution >= 0.6 is 0 Å². The van der Waals surface area contributed by atoms with Gasteiger partial charge in [0.1, 0.15) is 5.76 Å². The van der Waals surface area contributed by atoms with E-state index >= 15 is 0 Å². The maximum absolute atomic E-state index is 12.0. The maximum Gasteiger partial charge on any atom is 0.330 e. The summed E-state index contributed by atoms with van der Waals surface area (Å²) in [4.78, 5) is 25.3. The monoisotopic (exact) mass is 320 g/mol. The molecule has 1 saturated heterocycles. The number of furan rings is 1. The third-order valence-electron chi connectivity index (χ3n) is 4.04. The molecule has 0 radical (unpaired) electrons. The molecule has 1 aliphatic heterocycles. The minimum absolute atomic E-state index is 0.177. The molecule has 0 saturated carbocycles. The van der Waals surface area contributed by atoms with Crippen molar-refractivity contribution in [3.63, 3.8) is 0 Å². The van der Waals surface area contributed by atoms with Crippen LogP contribution in [-0.2, 0) is 9.53 Å². The van der Waals surface area contributed by atoms with Gasteiger partial charge in [0.05, 0.1) is 13.2 Å². The molecule has 2 rings (SSSR count). The Morgan fingerprint density at radius 2 is 2.09 bits per heavy atom. The molecule has 1 aliphatic rings. The normalized spacial score (nSPS) is 17.1. The Kier molecular flexibility index (Phi) is 6.40. The fraction of sp³-hybridized carbons (Fsp3) is 0.529. The van der Waals surface area contributed by atoms with E-state index in [0.29, 0.717) is 0 Å². The third-order valence-corrected chi connectivity index (χ3v) is 4.04. The number of ether oxygens (including phenoxy) is 1. The molecule has 23 heavy (non-hydrogen) atoms. The summed E-state index contributed by atoms with van der Waals surface area (Å²) >= 11 is 0. The second-order valence-corrected chi connectivity index (χ2v) is 5.61. The zero-order chi connectivity index (χ0) is 16.7. The van der Waals surface area contributed by atoms with Crippen molar-refractivity contribution >= 4 is 11.9 Å². The third kappa shape index (κ3) is 4.96. The van der Waals surface area contributed by atoms with E-state index in [1.54, 1.807) is 6.07 Å². The average Bonchev–Trinajstić information content (AvgIpc) is 3.08. The smallest absolute Gasteiger partial charge is 0.330 e. The van der Waals surface area contributed by atoms with Gasteiger partial charge in [0.2, 0.25) is 0 Å². The molecule has 0 aromatic carbocycles. The van der Waals surface area contributed by atoms with E-state index in [2.05, 4.69) is 21.9 Å². The van der Waals surface area contributed by atoms with Gasteiger partial charge in [0, 0.05) is 12.6 Å². The topological polar surface area (TPSA) is 71.8 Å². The van der Waals surface area contributed by atoms with E-state index in [-0.39, 0.29) is 24.3 Å². The Labute approximate surface area is 136 Å². The number of carbonyl (C=O) groups is 2. The van der Waals surface area contributed by atoms with Crippen LogP contribution < -0.4 is 5.32 Å². The summed E-state index contributed by atoms with van der Waals surface area (Å²) in [6.45, 7) is 4.49. The highest BCUT2D eigenvalue weighted by molar-refractivity contribution is 5.91. The van der Waals surface area contributed by atoms with Gasteiger partial charge in [-0.05, 0) is 45.0 Å². The van der Waals surface area contributed by atoms with Gasteiger partial charge in [-0.15, -0.1) is 0 Å². The predicted molar refractivity (Wildman–Crippen MR) is 86.0 cm³/mol. The highest BCUT2D eigenvalue weighted by atomic mass is 16.5. The van der Waals surface area contributed by atoms with Crippen molar-refractivity contribution in [2.24, 2.45) is 0 Å². The molecule has 2 heterocycles. The van der Waals surface area contributed by atoms with Gasteiger partial charge in [-0.25, -0.2) is 4.79 Å². The number of methoxy groups -OCH3 is 1. The number of carbonyl (C=O) groups excluding carboxylic acids is 2. The first-order valence-electron chi connectivity index (χ1n) is 7.98. The summed E-state index contributed by atoms with van der Waals surface area (Å²) in [5, 5.41) is 2.67. The van der Waals surface area contributed by atoms with Crippen molar-refractivity contribution in [2.45, 2.75) is 32.2 Å². The molecule has 1 aromatic rings. The van der Waals surface area contributed by atoms with Crippen molar-refractivity contribution in [3.05, 3.63) is 35.8 Å². The lowest BCUT2D eigenvalue weighted by molar-refractivity contribution is -0.134. The molecule has 6 heteroatoms. The molecule has 1 amide bonds. The molecule has 126 valence electrons. The summed E-state index contributed by atoms with van der Waals surface area (Å²) in [6.07, 6.45) is 6.51. The van der Waals surface area contributed by atoms with Crippen LogP contribution in [0.1, 0.15) is 48.5 Å².